The van der Waals surface area contributed by atoms with E-state index in [9.17, 15) is 5.11 Å². The summed E-state index contributed by atoms with van der Waals surface area (Å²) in [6, 6.07) is 26.1. The van der Waals surface area contributed by atoms with Crippen molar-refractivity contribution < 1.29 is 5.11 Å². The van der Waals surface area contributed by atoms with Crippen molar-refractivity contribution in [2.24, 2.45) is 5.41 Å². The van der Waals surface area contributed by atoms with Crippen molar-refractivity contribution in [3.8, 4) is 5.75 Å². The fourth-order valence-corrected chi connectivity index (χ4v) is 7.11. The van der Waals surface area contributed by atoms with E-state index < -0.39 is 0 Å². The zero-order chi connectivity index (χ0) is 25.1. The Kier molecular flexibility index (Phi) is 7.06. The molecule has 3 nitrogen and oxygen atoms in total. The molecule has 2 N–H and O–H groups in total. The fourth-order valence-electron chi connectivity index (χ4n) is 7.11. The SMILES string of the molecule is Oc1ccc2c(c1)CCCC(c1ccccc1)=C2c1ccc(N2CCCC3(CCC2)CCNCC3)cc1. The third kappa shape index (κ3) is 5.20. The maximum Gasteiger partial charge on any atom is 0.115 e. The van der Waals surface area contributed by atoms with E-state index in [1.165, 1.54) is 90.7 Å². The molecule has 1 aliphatic carbocycles. The monoisotopic (exact) mass is 492 g/mol. The predicted octanol–water partition coefficient (Wildman–Crippen LogP) is 7.44. The number of hydrogen-bond acceptors (Lipinski definition) is 3. The Morgan fingerprint density at radius 2 is 1.43 bits per heavy atom. The molecule has 37 heavy (non-hydrogen) atoms. The van der Waals surface area contributed by atoms with Gasteiger partial charge in [0.15, 0.2) is 0 Å². The minimum absolute atomic E-state index is 0.361. The number of aryl methyl sites for hydroxylation is 1. The molecule has 2 saturated heterocycles. The first-order chi connectivity index (χ1) is 18.2. The molecule has 0 atom stereocenters. The predicted molar refractivity (Wildman–Crippen MR) is 155 cm³/mol. The number of anilines is 1. The molecule has 2 fully saturated rings. The summed E-state index contributed by atoms with van der Waals surface area (Å²) in [5.41, 5.74) is 9.79. The van der Waals surface area contributed by atoms with E-state index in [1.807, 2.05) is 12.1 Å². The van der Waals surface area contributed by atoms with E-state index in [0.29, 0.717) is 11.2 Å². The number of phenols is 1. The van der Waals surface area contributed by atoms with Gasteiger partial charge in [-0.05, 0) is 134 Å². The van der Waals surface area contributed by atoms with Crippen LogP contribution in [0.2, 0.25) is 0 Å². The maximum absolute atomic E-state index is 10.2. The van der Waals surface area contributed by atoms with Crippen LogP contribution >= 0.6 is 0 Å². The Balaban J connectivity index is 1.30. The van der Waals surface area contributed by atoms with Gasteiger partial charge in [-0.2, -0.15) is 0 Å². The van der Waals surface area contributed by atoms with Gasteiger partial charge in [0.1, 0.15) is 5.75 Å². The highest BCUT2D eigenvalue weighted by Gasteiger charge is 2.32. The molecule has 0 amide bonds. The van der Waals surface area contributed by atoms with Crippen molar-refractivity contribution in [1.82, 2.24) is 5.32 Å². The van der Waals surface area contributed by atoms with Crippen molar-refractivity contribution in [2.45, 2.75) is 57.8 Å². The average Bonchev–Trinajstić information content (AvgIpc) is 3.11. The third-order valence-electron chi connectivity index (χ3n) is 9.11. The van der Waals surface area contributed by atoms with Crippen LogP contribution in [0.25, 0.3) is 11.1 Å². The highest BCUT2D eigenvalue weighted by atomic mass is 16.3. The van der Waals surface area contributed by atoms with Crippen molar-refractivity contribution in [2.75, 3.05) is 31.1 Å². The Labute approximate surface area is 222 Å². The van der Waals surface area contributed by atoms with Gasteiger partial charge in [0.25, 0.3) is 0 Å². The Morgan fingerprint density at radius 3 is 2.16 bits per heavy atom. The largest absolute Gasteiger partial charge is 0.508 e. The summed E-state index contributed by atoms with van der Waals surface area (Å²) < 4.78 is 0. The van der Waals surface area contributed by atoms with Gasteiger partial charge in [-0.25, -0.2) is 0 Å². The first kappa shape index (κ1) is 24.3. The second-order valence-corrected chi connectivity index (χ2v) is 11.4. The lowest BCUT2D eigenvalue weighted by Gasteiger charge is -2.41. The molecule has 0 bridgehead atoms. The third-order valence-corrected chi connectivity index (χ3v) is 9.11. The van der Waals surface area contributed by atoms with Crippen LogP contribution in [0.15, 0.2) is 72.8 Å². The van der Waals surface area contributed by atoms with Crippen molar-refractivity contribution in [3.05, 3.63) is 95.1 Å². The summed E-state index contributed by atoms with van der Waals surface area (Å²) in [6.45, 7) is 4.73. The second kappa shape index (κ2) is 10.8. The van der Waals surface area contributed by atoms with Gasteiger partial charge in [-0.1, -0.05) is 48.5 Å². The number of phenolic OH excluding ortho intramolecular Hbond substituents is 1. The Bertz CT molecular complexity index is 1230. The topological polar surface area (TPSA) is 35.5 Å². The van der Waals surface area contributed by atoms with E-state index in [0.717, 1.165) is 32.4 Å². The Morgan fingerprint density at radius 1 is 0.703 bits per heavy atom. The zero-order valence-corrected chi connectivity index (χ0v) is 22.0. The average molecular weight is 493 g/mol. The number of nitrogens with one attached hydrogen (secondary N) is 1. The maximum atomic E-state index is 10.2. The number of fused-ring (bicyclic) bond motifs is 1. The number of rotatable bonds is 3. The molecule has 3 aromatic carbocycles. The summed E-state index contributed by atoms with van der Waals surface area (Å²) in [5.74, 6) is 0.361. The lowest BCUT2D eigenvalue weighted by atomic mass is 9.71. The number of piperidine rings is 1. The van der Waals surface area contributed by atoms with Crippen LogP contribution in [-0.4, -0.2) is 31.3 Å². The highest BCUT2D eigenvalue weighted by molar-refractivity contribution is 6.00. The number of benzene rings is 3. The second-order valence-electron chi connectivity index (χ2n) is 11.4. The zero-order valence-electron chi connectivity index (χ0n) is 22.0. The van der Waals surface area contributed by atoms with Gasteiger partial charge in [-0.3, -0.25) is 0 Å². The van der Waals surface area contributed by atoms with Gasteiger partial charge in [0, 0.05) is 18.8 Å². The highest BCUT2D eigenvalue weighted by Crippen LogP contribution is 2.42. The molecule has 0 unspecified atom stereocenters. The lowest BCUT2D eigenvalue weighted by Crippen LogP contribution is -2.39. The van der Waals surface area contributed by atoms with Gasteiger partial charge in [0.05, 0.1) is 0 Å². The smallest absolute Gasteiger partial charge is 0.115 e. The van der Waals surface area contributed by atoms with Crippen LogP contribution in [0.1, 0.15) is 73.6 Å². The molecule has 0 aromatic heterocycles. The van der Waals surface area contributed by atoms with Gasteiger partial charge in [0.2, 0.25) is 0 Å². The molecule has 3 aliphatic rings. The van der Waals surface area contributed by atoms with Crippen LogP contribution in [0, 0.1) is 5.41 Å². The van der Waals surface area contributed by atoms with Crippen LogP contribution in [0.3, 0.4) is 0 Å². The standard InChI is InChI=1S/C34H40N2O/c37-30-15-16-32-28(25-30)9-4-10-31(26-7-2-1-3-8-26)33(32)27-11-13-29(14-12-27)36-23-5-17-34(18-6-24-36)19-21-35-22-20-34/h1-3,7-8,11-16,25,35,37H,4-6,9-10,17-24H2. The quantitative estimate of drug-likeness (QED) is 0.399. The number of allylic oxidation sites excluding steroid dienone is 1. The van der Waals surface area contributed by atoms with Crippen molar-refractivity contribution >= 4 is 16.8 Å². The number of nitrogens with zero attached hydrogens (tertiary/aromatic N) is 1. The van der Waals surface area contributed by atoms with E-state index in [4.69, 9.17) is 0 Å². The van der Waals surface area contributed by atoms with Crippen molar-refractivity contribution in [3.63, 3.8) is 0 Å². The molecule has 0 saturated carbocycles. The lowest BCUT2D eigenvalue weighted by molar-refractivity contribution is 0.156. The van der Waals surface area contributed by atoms with Gasteiger partial charge in [-0.15, -0.1) is 0 Å². The number of aromatic hydroxyl groups is 1. The van der Waals surface area contributed by atoms with Crippen LogP contribution < -0.4 is 10.2 Å². The van der Waals surface area contributed by atoms with E-state index >= 15 is 0 Å². The number of hydrogen-bond donors (Lipinski definition) is 2. The van der Waals surface area contributed by atoms with E-state index in [2.05, 4.69) is 70.9 Å². The summed E-state index contributed by atoms with van der Waals surface area (Å²) in [6.07, 6.45) is 11.2. The molecule has 2 aliphatic heterocycles. The van der Waals surface area contributed by atoms with Crippen molar-refractivity contribution in [1.29, 1.82) is 0 Å². The molecule has 6 rings (SSSR count). The molecule has 1 spiro atoms. The summed E-state index contributed by atoms with van der Waals surface area (Å²) in [4.78, 5) is 2.61. The van der Waals surface area contributed by atoms with E-state index in [-0.39, 0.29) is 0 Å². The molecule has 3 heteroatoms. The first-order valence-electron chi connectivity index (χ1n) is 14.4. The van der Waals surface area contributed by atoms with Crippen LogP contribution in [0.4, 0.5) is 5.69 Å². The molecule has 3 aromatic rings. The molecule has 0 radical (unpaired) electrons. The molecular formula is C34H40N2O. The minimum atomic E-state index is 0.361. The van der Waals surface area contributed by atoms with Crippen LogP contribution in [0.5, 0.6) is 5.75 Å². The van der Waals surface area contributed by atoms with Gasteiger partial charge >= 0.3 is 0 Å². The summed E-state index contributed by atoms with van der Waals surface area (Å²) >= 11 is 0. The van der Waals surface area contributed by atoms with E-state index in [1.54, 1.807) is 0 Å². The molecule has 2 heterocycles. The minimum Gasteiger partial charge on any atom is -0.508 e. The van der Waals surface area contributed by atoms with Gasteiger partial charge < -0.3 is 15.3 Å². The van der Waals surface area contributed by atoms with Crippen LogP contribution in [-0.2, 0) is 6.42 Å². The summed E-state index contributed by atoms with van der Waals surface area (Å²) in [7, 11) is 0. The summed E-state index contributed by atoms with van der Waals surface area (Å²) in [5, 5.41) is 13.8. The first-order valence-corrected chi connectivity index (χ1v) is 14.4. The molecule has 192 valence electrons. The molecular weight excluding hydrogens is 452 g/mol. The normalized spacial score (nSPS) is 20.2. The fraction of sp³-hybridized carbons (Fsp3) is 0.412. The Hall–Kier alpha value is -3.04.